The number of carbonyl (C=O) groups is 1. The summed E-state index contributed by atoms with van der Waals surface area (Å²) in [7, 11) is 1.61. The van der Waals surface area contributed by atoms with Crippen LogP contribution in [0.5, 0.6) is 0 Å². The van der Waals surface area contributed by atoms with E-state index in [-0.39, 0.29) is 11.5 Å². The van der Waals surface area contributed by atoms with Gasteiger partial charge in [0.2, 0.25) is 0 Å². The van der Waals surface area contributed by atoms with Gasteiger partial charge in [-0.05, 0) is 20.8 Å². The van der Waals surface area contributed by atoms with E-state index in [2.05, 4.69) is 33.1 Å². The second-order valence-corrected chi connectivity index (χ2v) is 5.12. The van der Waals surface area contributed by atoms with Crippen LogP contribution in [0.1, 0.15) is 35.7 Å². The van der Waals surface area contributed by atoms with Crippen molar-refractivity contribution < 1.29 is 14.1 Å². The van der Waals surface area contributed by atoms with E-state index >= 15 is 0 Å². The van der Waals surface area contributed by atoms with Crippen LogP contribution in [0.3, 0.4) is 0 Å². The first-order valence-corrected chi connectivity index (χ1v) is 6.78. The molecule has 1 rings (SSSR count). The zero-order chi connectivity index (χ0) is 13.1. The van der Waals surface area contributed by atoms with Crippen LogP contribution in [0, 0.1) is 6.92 Å². The fourth-order valence-corrected chi connectivity index (χ4v) is 1.87. The number of amides is 1. The van der Waals surface area contributed by atoms with E-state index in [1.807, 2.05) is 20.8 Å². The maximum absolute atomic E-state index is 11.9. The molecule has 96 valence electrons. The molecule has 1 N–H and O–H groups in total. The quantitative estimate of drug-likeness (QED) is 0.651. The van der Waals surface area contributed by atoms with Crippen LogP contribution in [0.4, 0.5) is 0 Å². The largest absolute Gasteiger partial charge is 0.377 e. The minimum Gasteiger partial charge on any atom is -0.377 e. The van der Waals surface area contributed by atoms with E-state index in [1.165, 1.54) is 0 Å². The van der Waals surface area contributed by atoms with Gasteiger partial charge in [0.25, 0.3) is 5.91 Å². The Balaban J connectivity index is 2.67. The molecule has 0 fully saturated rings. The summed E-state index contributed by atoms with van der Waals surface area (Å²) < 4.78 is 11.0. The summed E-state index contributed by atoms with van der Waals surface area (Å²) in [4.78, 5) is 11.9. The molecule has 0 spiro atoms. The number of hydrogen-bond acceptors (Lipinski definition) is 4. The zero-order valence-corrected chi connectivity index (χ0v) is 12.6. The number of hydrogen-bond donors (Lipinski definition) is 1. The molecule has 0 saturated heterocycles. The third-order valence-corrected chi connectivity index (χ3v) is 3.28. The number of alkyl halides is 1. The van der Waals surface area contributed by atoms with Crippen molar-refractivity contribution in [2.24, 2.45) is 0 Å². The number of aromatic nitrogens is 1. The lowest BCUT2D eigenvalue weighted by atomic mass is 10.1. The van der Waals surface area contributed by atoms with Crippen LogP contribution < -0.4 is 5.32 Å². The number of nitrogens with zero attached hydrogens (tertiary/aromatic N) is 1. The van der Waals surface area contributed by atoms with E-state index in [4.69, 9.17) is 9.26 Å². The van der Waals surface area contributed by atoms with Gasteiger partial charge in [-0.25, -0.2) is 0 Å². The molecule has 0 unspecified atom stereocenters. The highest BCUT2D eigenvalue weighted by atomic mass is 127. The molecule has 6 heteroatoms. The lowest BCUT2D eigenvalue weighted by Crippen LogP contribution is -2.40. The lowest BCUT2D eigenvalue weighted by molar-refractivity contribution is 0.0227. The lowest BCUT2D eigenvalue weighted by Gasteiger charge is -2.22. The summed E-state index contributed by atoms with van der Waals surface area (Å²) in [5.74, 6) is 0.509. The highest BCUT2D eigenvalue weighted by Gasteiger charge is 2.21. The van der Waals surface area contributed by atoms with Crippen molar-refractivity contribution in [3.63, 3.8) is 0 Å². The Morgan fingerprint density at radius 1 is 1.59 bits per heavy atom. The summed E-state index contributed by atoms with van der Waals surface area (Å²) in [5, 5.41) is 6.56. The van der Waals surface area contributed by atoms with Crippen molar-refractivity contribution in [1.82, 2.24) is 10.5 Å². The number of methoxy groups -OCH3 is 1. The van der Waals surface area contributed by atoms with Gasteiger partial charge in [0.1, 0.15) is 5.76 Å². The Morgan fingerprint density at radius 2 is 2.24 bits per heavy atom. The standard InChI is InChI=1S/C11H17IN2O3/c1-7-8(5-12)17-14-9(7)10(15)13-6-11(2,3)16-4/h5-6H2,1-4H3,(H,13,15). The molecule has 0 saturated carbocycles. The predicted octanol–water partition coefficient (Wildman–Crippen LogP) is 2.07. The number of carbonyl (C=O) groups excluding carboxylic acids is 1. The first kappa shape index (κ1) is 14.4. The Hall–Kier alpha value is -0.630. The third-order valence-electron chi connectivity index (χ3n) is 2.58. The van der Waals surface area contributed by atoms with Crippen LogP contribution in [-0.4, -0.2) is 30.3 Å². The second kappa shape index (κ2) is 5.81. The van der Waals surface area contributed by atoms with Gasteiger partial charge < -0.3 is 14.6 Å². The van der Waals surface area contributed by atoms with Gasteiger partial charge in [-0.2, -0.15) is 0 Å². The molecule has 1 aromatic heterocycles. The molecule has 17 heavy (non-hydrogen) atoms. The maximum atomic E-state index is 11.9. The van der Waals surface area contributed by atoms with Crippen molar-refractivity contribution in [3.05, 3.63) is 17.0 Å². The minimum absolute atomic E-state index is 0.229. The van der Waals surface area contributed by atoms with Crippen molar-refractivity contribution in [3.8, 4) is 0 Å². The second-order valence-electron chi connectivity index (χ2n) is 4.36. The normalized spacial score (nSPS) is 11.6. The van der Waals surface area contributed by atoms with Gasteiger partial charge >= 0.3 is 0 Å². The molecule has 0 atom stereocenters. The van der Waals surface area contributed by atoms with Crippen LogP contribution in [-0.2, 0) is 9.16 Å². The van der Waals surface area contributed by atoms with Gasteiger partial charge in [-0.1, -0.05) is 27.7 Å². The van der Waals surface area contributed by atoms with Crippen molar-refractivity contribution >= 4 is 28.5 Å². The molecule has 1 aromatic rings. The van der Waals surface area contributed by atoms with E-state index < -0.39 is 0 Å². The molecule has 0 aliphatic rings. The molecule has 1 amide bonds. The van der Waals surface area contributed by atoms with Crippen LogP contribution in [0.15, 0.2) is 4.52 Å². The molecular formula is C11H17IN2O3. The summed E-state index contributed by atoms with van der Waals surface area (Å²) in [6.45, 7) is 6.06. The first-order valence-electron chi connectivity index (χ1n) is 5.25. The highest BCUT2D eigenvalue weighted by Crippen LogP contribution is 2.16. The van der Waals surface area contributed by atoms with Crippen molar-refractivity contribution in [2.45, 2.75) is 30.8 Å². The Kier molecular flexibility index (Phi) is 4.93. The highest BCUT2D eigenvalue weighted by molar-refractivity contribution is 14.1. The molecule has 0 aromatic carbocycles. The Labute approximate surface area is 114 Å². The molecule has 0 aliphatic heterocycles. The maximum Gasteiger partial charge on any atom is 0.273 e. The number of rotatable bonds is 5. The monoisotopic (exact) mass is 352 g/mol. The van der Waals surface area contributed by atoms with Crippen LogP contribution in [0.25, 0.3) is 0 Å². The fraction of sp³-hybridized carbons (Fsp3) is 0.636. The number of halogens is 1. The molecule has 0 aliphatic carbocycles. The molecule has 1 heterocycles. The average molecular weight is 352 g/mol. The van der Waals surface area contributed by atoms with Gasteiger partial charge in [0, 0.05) is 19.2 Å². The summed E-state index contributed by atoms with van der Waals surface area (Å²) >= 11 is 2.17. The van der Waals surface area contributed by atoms with Gasteiger partial charge in [-0.3, -0.25) is 4.79 Å². The number of nitrogens with one attached hydrogen (secondary N) is 1. The van der Waals surface area contributed by atoms with Crippen LogP contribution >= 0.6 is 22.6 Å². The van der Waals surface area contributed by atoms with Crippen molar-refractivity contribution in [2.75, 3.05) is 13.7 Å². The summed E-state index contributed by atoms with van der Waals surface area (Å²) in [6, 6.07) is 0. The van der Waals surface area contributed by atoms with E-state index in [0.29, 0.717) is 16.7 Å². The van der Waals surface area contributed by atoms with Crippen molar-refractivity contribution in [1.29, 1.82) is 0 Å². The Bertz CT molecular complexity index is 401. The van der Waals surface area contributed by atoms with E-state index in [0.717, 1.165) is 11.3 Å². The zero-order valence-electron chi connectivity index (χ0n) is 10.5. The molecule has 0 bridgehead atoms. The Morgan fingerprint density at radius 3 is 2.71 bits per heavy atom. The smallest absolute Gasteiger partial charge is 0.273 e. The average Bonchev–Trinajstić information content (AvgIpc) is 2.67. The third kappa shape index (κ3) is 3.67. The van der Waals surface area contributed by atoms with E-state index in [1.54, 1.807) is 7.11 Å². The molecule has 5 nitrogen and oxygen atoms in total. The summed E-state index contributed by atoms with van der Waals surface area (Å²) in [6.07, 6.45) is 0. The SMILES string of the molecule is COC(C)(C)CNC(=O)c1noc(CI)c1C. The van der Waals surface area contributed by atoms with Gasteiger partial charge in [0.05, 0.1) is 10.0 Å². The topological polar surface area (TPSA) is 64.4 Å². The summed E-state index contributed by atoms with van der Waals surface area (Å²) in [5.41, 5.74) is 0.759. The van der Waals surface area contributed by atoms with E-state index in [9.17, 15) is 4.79 Å². The first-order chi connectivity index (χ1) is 7.91. The number of ether oxygens (including phenoxy) is 1. The minimum atomic E-state index is -0.389. The predicted molar refractivity (Wildman–Crippen MR) is 72.4 cm³/mol. The van der Waals surface area contributed by atoms with Crippen LogP contribution in [0.2, 0.25) is 0 Å². The van der Waals surface area contributed by atoms with Gasteiger partial charge in [0.15, 0.2) is 5.69 Å². The van der Waals surface area contributed by atoms with Gasteiger partial charge in [-0.15, -0.1) is 0 Å². The molecular weight excluding hydrogens is 335 g/mol. The molecule has 0 radical (unpaired) electrons. The fourth-order valence-electron chi connectivity index (χ4n) is 1.16.